The number of rotatable bonds is 3. The number of hydrogen-bond donors (Lipinski definition) is 1. The van der Waals surface area contributed by atoms with Crippen molar-refractivity contribution in [3.05, 3.63) is 35.2 Å². The fraction of sp³-hybridized carbons (Fsp3) is 0.182. The van der Waals surface area contributed by atoms with E-state index < -0.39 is 11.8 Å². The van der Waals surface area contributed by atoms with Gasteiger partial charge in [-0.15, -0.1) is 0 Å². The summed E-state index contributed by atoms with van der Waals surface area (Å²) in [5, 5.41) is 8.77. The van der Waals surface area contributed by atoms with Gasteiger partial charge >= 0.3 is 5.97 Å². The Labute approximate surface area is 87.3 Å². The molecule has 0 amide bonds. The van der Waals surface area contributed by atoms with Crippen molar-refractivity contribution >= 4 is 17.8 Å². The number of carbonyl (C=O) groups is 2. The average Bonchev–Trinajstić information content (AvgIpc) is 2.13. The quantitative estimate of drug-likeness (QED) is 0.460. The number of carbonyl (C=O) groups excluding carboxylic acids is 1. The van der Waals surface area contributed by atoms with Crippen LogP contribution < -0.4 is 0 Å². The second-order valence-corrected chi connectivity index (χ2v) is 3.15. The first kappa shape index (κ1) is 11.1. The summed E-state index contributed by atoms with van der Waals surface area (Å²) in [6.07, 6.45) is 2.92. The lowest BCUT2D eigenvalue weighted by Gasteiger charge is -1.98. The minimum atomic E-state index is -1.21. The molecule has 0 atom stereocenters. The summed E-state index contributed by atoms with van der Waals surface area (Å²) in [5.41, 5.74) is 1.22. The molecule has 0 aliphatic rings. The highest BCUT2D eigenvalue weighted by atomic mass is 16.4. The van der Waals surface area contributed by atoms with Crippen LogP contribution in [0.4, 0.5) is 0 Å². The summed E-state index contributed by atoms with van der Waals surface area (Å²) in [7, 11) is 0. The summed E-state index contributed by atoms with van der Waals surface area (Å²) in [4.78, 5) is 25.7. The molecule has 0 aliphatic carbocycles. The third-order valence-electron chi connectivity index (χ3n) is 1.84. The minimum Gasteiger partial charge on any atom is -0.478 e. The highest BCUT2D eigenvalue weighted by Crippen LogP contribution is 2.08. The normalized spacial score (nSPS) is 11.2. The number of hydrogen-bond acceptors (Lipinski definition) is 3. The van der Waals surface area contributed by atoms with E-state index in [0.29, 0.717) is 5.56 Å². The molecule has 0 aromatic carbocycles. The maximum atomic E-state index is 11.0. The van der Waals surface area contributed by atoms with E-state index in [4.69, 9.17) is 5.11 Å². The van der Waals surface area contributed by atoms with Gasteiger partial charge in [-0.05, 0) is 37.6 Å². The molecule has 0 saturated heterocycles. The highest BCUT2D eigenvalue weighted by Gasteiger charge is 2.12. The molecule has 15 heavy (non-hydrogen) atoms. The smallest absolute Gasteiger partial charge is 0.339 e. The van der Waals surface area contributed by atoms with Crippen molar-refractivity contribution in [1.82, 2.24) is 4.98 Å². The van der Waals surface area contributed by atoms with E-state index in [1.807, 2.05) is 0 Å². The van der Waals surface area contributed by atoms with E-state index in [1.54, 1.807) is 25.3 Å². The minimum absolute atomic E-state index is 0.222. The van der Waals surface area contributed by atoms with Crippen LogP contribution in [-0.4, -0.2) is 21.8 Å². The Balaban J connectivity index is 3.13. The van der Waals surface area contributed by atoms with Crippen molar-refractivity contribution in [2.45, 2.75) is 13.8 Å². The second kappa shape index (κ2) is 4.50. The van der Waals surface area contributed by atoms with Gasteiger partial charge in [0.15, 0.2) is 5.78 Å². The van der Waals surface area contributed by atoms with E-state index >= 15 is 0 Å². The predicted octanol–water partition coefficient (Wildman–Crippen LogP) is 1.45. The molecule has 0 aliphatic heterocycles. The van der Waals surface area contributed by atoms with Gasteiger partial charge in [-0.3, -0.25) is 9.78 Å². The van der Waals surface area contributed by atoms with Crippen LogP contribution in [0.1, 0.15) is 18.2 Å². The first-order valence-electron chi connectivity index (χ1n) is 4.39. The van der Waals surface area contributed by atoms with Gasteiger partial charge in [0, 0.05) is 11.9 Å². The molecule has 1 heterocycles. The lowest BCUT2D eigenvalue weighted by Crippen LogP contribution is -2.08. The van der Waals surface area contributed by atoms with Gasteiger partial charge in [-0.25, -0.2) is 4.79 Å². The van der Waals surface area contributed by atoms with Crippen LogP contribution in [0.5, 0.6) is 0 Å². The summed E-state index contributed by atoms with van der Waals surface area (Å²) in [6, 6.07) is 3.37. The number of carboxylic acids is 1. The van der Waals surface area contributed by atoms with E-state index in [9.17, 15) is 9.59 Å². The van der Waals surface area contributed by atoms with Crippen LogP contribution in [0.15, 0.2) is 23.9 Å². The summed E-state index contributed by atoms with van der Waals surface area (Å²) in [6.45, 7) is 3.03. The van der Waals surface area contributed by atoms with E-state index in [1.165, 1.54) is 13.0 Å². The van der Waals surface area contributed by atoms with Crippen molar-refractivity contribution in [3.63, 3.8) is 0 Å². The van der Waals surface area contributed by atoms with Gasteiger partial charge in [0.2, 0.25) is 0 Å². The molecule has 1 aromatic rings. The molecule has 0 fully saturated rings. The fourth-order valence-corrected chi connectivity index (χ4v) is 1.14. The second-order valence-electron chi connectivity index (χ2n) is 3.15. The molecular weight excluding hydrogens is 194 g/mol. The topological polar surface area (TPSA) is 67.3 Å². The Hall–Kier alpha value is -1.97. The van der Waals surface area contributed by atoms with Crippen molar-refractivity contribution < 1.29 is 14.7 Å². The Morgan fingerprint density at radius 2 is 2.13 bits per heavy atom. The molecular formula is C11H11NO3. The van der Waals surface area contributed by atoms with Crippen LogP contribution >= 0.6 is 0 Å². The van der Waals surface area contributed by atoms with Crippen LogP contribution in [0.25, 0.3) is 6.08 Å². The third-order valence-corrected chi connectivity index (χ3v) is 1.84. The summed E-state index contributed by atoms with van der Waals surface area (Å²) >= 11 is 0. The van der Waals surface area contributed by atoms with Crippen molar-refractivity contribution in [3.8, 4) is 0 Å². The molecule has 1 aromatic heterocycles. The van der Waals surface area contributed by atoms with Gasteiger partial charge in [-0.2, -0.15) is 0 Å². The van der Waals surface area contributed by atoms with E-state index in [0.717, 1.165) is 5.69 Å². The fourth-order valence-electron chi connectivity index (χ4n) is 1.14. The van der Waals surface area contributed by atoms with Gasteiger partial charge < -0.3 is 5.11 Å². The predicted molar refractivity (Wildman–Crippen MR) is 55.3 cm³/mol. The number of Topliss-reactive ketones (excluding diaryl/α,β-unsaturated/α-hetero) is 1. The van der Waals surface area contributed by atoms with E-state index in [-0.39, 0.29) is 5.57 Å². The van der Waals surface area contributed by atoms with Crippen molar-refractivity contribution in [2.75, 3.05) is 0 Å². The zero-order valence-corrected chi connectivity index (χ0v) is 8.52. The zero-order chi connectivity index (χ0) is 11.4. The molecule has 0 saturated carbocycles. The molecule has 4 nitrogen and oxygen atoms in total. The molecule has 1 rings (SSSR count). The lowest BCUT2D eigenvalue weighted by atomic mass is 10.1. The van der Waals surface area contributed by atoms with Gasteiger partial charge in [0.25, 0.3) is 0 Å². The van der Waals surface area contributed by atoms with Gasteiger partial charge in [0.1, 0.15) is 5.57 Å². The number of pyridine rings is 1. The maximum Gasteiger partial charge on any atom is 0.339 e. The monoisotopic (exact) mass is 205 g/mol. The van der Waals surface area contributed by atoms with Crippen LogP contribution in [0.3, 0.4) is 0 Å². The maximum absolute atomic E-state index is 11.0. The lowest BCUT2D eigenvalue weighted by molar-refractivity contribution is -0.134. The number of ketones is 1. The highest BCUT2D eigenvalue weighted by molar-refractivity contribution is 6.19. The standard InChI is InChI=1S/C11H11NO3/c1-7-5-9(3-4-12-7)6-10(8(2)13)11(14)15/h3-6H,1-2H3,(H,14,15)/b10-6+. The first-order chi connectivity index (χ1) is 7.00. The average molecular weight is 205 g/mol. The summed E-state index contributed by atoms with van der Waals surface area (Å²) in [5.74, 6) is -1.67. The largest absolute Gasteiger partial charge is 0.478 e. The number of carboxylic acid groups (broad SMARTS) is 1. The zero-order valence-electron chi connectivity index (χ0n) is 8.52. The molecule has 0 radical (unpaired) electrons. The molecule has 0 bridgehead atoms. The Morgan fingerprint density at radius 1 is 1.47 bits per heavy atom. The van der Waals surface area contributed by atoms with Crippen LogP contribution in [0.2, 0.25) is 0 Å². The molecule has 4 heteroatoms. The molecule has 0 unspecified atom stereocenters. The molecule has 0 spiro atoms. The van der Waals surface area contributed by atoms with Crippen molar-refractivity contribution in [2.24, 2.45) is 0 Å². The number of aromatic nitrogens is 1. The third kappa shape index (κ3) is 3.02. The van der Waals surface area contributed by atoms with Crippen LogP contribution in [-0.2, 0) is 9.59 Å². The number of nitrogens with zero attached hydrogens (tertiary/aromatic N) is 1. The first-order valence-corrected chi connectivity index (χ1v) is 4.39. The molecule has 1 N–H and O–H groups in total. The number of aryl methyl sites for hydroxylation is 1. The molecule has 78 valence electrons. The Morgan fingerprint density at radius 3 is 2.60 bits per heavy atom. The van der Waals surface area contributed by atoms with Gasteiger partial charge in [0.05, 0.1) is 0 Å². The summed E-state index contributed by atoms with van der Waals surface area (Å²) < 4.78 is 0. The van der Waals surface area contributed by atoms with E-state index in [2.05, 4.69) is 4.98 Å². The van der Waals surface area contributed by atoms with Crippen molar-refractivity contribution in [1.29, 1.82) is 0 Å². The Bertz CT molecular complexity index is 419. The SMILES string of the molecule is CC(=O)/C(=C\c1ccnc(C)c1)C(=O)O. The van der Waals surface area contributed by atoms with Crippen LogP contribution in [0, 0.1) is 6.92 Å². The number of aliphatic carboxylic acids is 1. The Kier molecular flexibility index (Phi) is 3.33. The van der Waals surface area contributed by atoms with Gasteiger partial charge in [-0.1, -0.05) is 0 Å².